The van der Waals surface area contributed by atoms with Crippen molar-refractivity contribution in [2.45, 2.75) is 45.2 Å². The fourth-order valence-electron chi connectivity index (χ4n) is 3.00. The van der Waals surface area contributed by atoms with Gasteiger partial charge < -0.3 is 19.7 Å². The van der Waals surface area contributed by atoms with Crippen LogP contribution in [0.4, 0.5) is 5.95 Å². The second kappa shape index (κ2) is 7.80. The Morgan fingerprint density at radius 1 is 1.33 bits per heavy atom. The summed E-state index contributed by atoms with van der Waals surface area (Å²) in [6.07, 6.45) is 7.15. The standard InChI is InChI=1S/C16H31N5/c1-5-6-9-21-10-7-14(8-11-21)17-12-15-13-18-16(19(2)3)20(15)4/h13-14,17H,5-12H2,1-4H3. The van der Waals surface area contributed by atoms with Crippen molar-refractivity contribution < 1.29 is 0 Å². The highest BCUT2D eigenvalue weighted by atomic mass is 15.3. The van der Waals surface area contributed by atoms with Crippen LogP contribution >= 0.6 is 0 Å². The van der Waals surface area contributed by atoms with Gasteiger partial charge in [0.15, 0.2) is 0 Å². The molecule has 2 heterocycles. The molecule has 1 fully saturated rings. The second-order valence-electron chi connectivity index (χ2n) is 6.35. The van der Waals surface area contributed by atoms with Crippen LogP contribution < -0.4 is 10.2 Å². The number of rotatable bonds is 7. The number of imidazole rings is 1. The highest BCUT2D eigenvalue weighted by molar-refractivity contribution is 5.30. The van der Waals surface area contributed by atoms with E-state index in [1.54, 1.807) is 0 Å². The third-order valence-electron chi connectivity index (χ3n) is 4.45. The van der Waals surface area contributed by atoms with Gasteiger partial charge in [-0.3, -0.25) is 0 Å². The molecule has 1 aliphatic heterocycles. The first-order valence-corrected chi connectivity index (χ1v) is 8.25. The SMILES string of the molecule is CCCCN1CCC(NCc2cnc(N(C)C)n2C)CC1. The molecule has 0 amide bonds. The molecule has 0 bridgehead atoms. The summed E-state index contributed by atoms with van der Waals surface area (Å²) in [6.45, 7) is 6.94. The summed E-state index contributed by atoms with van der Waals surface area (Å²) in [4.78, 5) is 9.12. The van der Waals surface area contributed by atoms with Crippen molar-refractivity contribution in [3.05, 3.63) is 11.9 Å². The first-order chi connectivity index (χ1) is 10.1. The number of aromatic nitrogens is 2. The van der Waals surface area contributed by atoms with Gasteiger partial charge in [-0.15, -0.1) is 0 Å². The molecule has 2 rings (SSSR count). The van der Waals surface area contributed by atoms with Crippen LogP contribution in [-0.2, 0) is 13.6 Å². The molecule has 0 atom stereocenters. The molecule has 0 spiro atoms. The van der Waals surface area contributed by atoms with Crippen molar-refractivity contribution in [1.82, 2.24) is 19.8 Å². The van der Waals surface area contributed by atoms with E-state index < -0.39 is 0 Å². The highest BCUT2D eigenvalue weighted by Crippen LogP contribution is 2.14. The Bertz CT molecular complexity index is 418. The topological polar surface area (TPSA) is 36.3 Å². The maximum atomic E-state index is 4.47. The monoisotopic (exact) mass is 293 g/mol. The minimum Gasteiger partial charge on any atom is -0.348 e. The van der Waals surface area contributed by atoms with Gasteiger partial charge in [0.2, 0.25) is 5.95 Å². The highest BCUT2D eigenvalue weighted by Gasteiger charge is 2.18. The van der Waals surface area contributed by atoms with Crippen molar-refractivity contribution in [3.63, 3.8) is 0 Å². The van der Waals surface area contributed by atoms with Crippen molar-refractivity contribution in [2.24, 2.45) is 7.05 Å². The minimum absolute atomic E-state index is 0.653. The van der Waals surface area contributed by atoms with Gasteiger partial charge in [0.1, 0.15) is 0 Å². The van der Waals surface area contributed by atoms with Gasteiger partial charge in [-0.05, 0) is 38.9 Å². The Hall–Kier alpha value is -1.07. The summed E-state index contributed by atoms with van der Waals surface area (Å²) in [5.41, 5.74) is 1.26. The summed E-state index contributed by atoms with van der Waals surface area (Å²) in [5, 5.41) is 3.70. The molecule has 1 N–H and O–H groups in total. The van der Waals surface area contributed by atoms with E-state index in [2.05, 4.69) is 38.6 Å². The summed E-state index contributed by atoms with van der Waals surface area (Å²) in [7, 11) is 6.16. The zero-order chi connectivity index (χ0) is 15.2. The van der Waals surface area contributed by atoms with E-state index in [0.29, 0.717) is 6.04 Å². The van der Waals surface area contributed by atoms with E-state index in [1.807, 2.05) is 20.3 Å². The molecular formula is C16H31N5. The lowest BCUT2D eigenvalue weighted by atomic mass is 10.0. The van der Waals surface area contributed by atoms with Gasteiger partial charge in [0.25, 0.3) is 0 Å². The Kier molecular flexibility index (Phi) is 6.06. The predicted molar refractivity (Wildman–Crippen MR) is 88.7 cm³/mol. The number of nitrogens with one attached hydrogen (secondary N) is 1. The van der Waals surface area contributed by atoms with Crippen molar-refractivity contribution in [2.75, 3.05) is 38.6 Å². The number of hydrogen-bond donors (Lipinski definition) is 1. The summed E-state index contributed by atoms with van der Waals surface area (Å²) in [6, 6.07) is 0.653. The maximum absolute atomic E-state index is 4.47. The van der Waals surface area contributed by atoms with Gasteiger partial charge in [-0.1, -0.05) is 13.3 Å². The molecule has 1 aliphatic rings. The first-order valence-electron chi connectivity index (χ1n) is 8.25. The van der Waals surface area contributed by atoms with Gasteiger partial charge in [-0.25, -0.2) is 4.98 Å². The number of likely N-dealkylation sites (tertiary alicyclic amines) is 1. The van der Waals surface area contributed by atoms with Crippen LogP contribution in [0.25, 0.3) is 0 Å². The second-order valence-corrected chi connectivity index (χ2v) is 6.35. The molecule has 0 unspecified atom stereocenters. The molecule has 1 aromatic heterocycles. The normalized spacial score (nSPS) is 17.3. The molecular weight excluding hydrogens is 262 g/mol. The lowest BCUT2D eigenvalue weighted by molar-refractivity contribution is 0.194. The fraction of sp³-hybridized carbons (Fsp3) is 0.812. The van der Waals surface area contributed by atoms with Crippen molar-refractivity contribution >= 4 is 5.95 Å². The number of piperidine rings is 1. The van der Waals surface area contributed by atoms with Crippen LogP contribution in [0.3, 0.4) is 0 Å². The minimum atomic E-state index is 0.653. The predicted octanol–water partition coefficient (Wildman–Crippen LogP) is 1.84. The molecule has 0 aromatic carbocycles. The molecule has 5 heteroatoms. The number of nitrogens with zero attached hydrogens (tertiary/aromatic N) is 4. The first kappa shape index (κ1) is 16.3. The Labute approximate surface area is 129 Å². The van der Waals surface area contributed by atoms with Crippen molar-refractivity contribution in [1.29, 1.82) is 0 Å². The van der Waals surface area contributed by atoms with Crippen molar-refractivity contribution in [3.8, 4) is 0 Å². The number of anilines is 1. The summed E-state index contributed by atoms with van der Waals surface area (Å²) < 4.78 is 2.17. The number of hydrogen-bond acceptors (Lipinski definition) is 4. The van der Waals surface area contributed by atoms with Gasteiger partial charge in [0.05, 0.1) is 11.9 Å². The van der Waals surface area contributed by atoms with Crippen LogP contribution in [-0.4, -0.2) is 54.2 Å². The molecule has 0 radical (unpaired) electrons. The lowest BCUT2D eigenvalue weighted by Gasteiger charge is -2.32. The molecule has 5 nitrogen and oxygen atoms in total. The van der Waals surface area contributed by atoms with Gasteiger partial charge >= 0.3 is 0 Å². The molecule has 1 aromatic rings. The van der Waals surface area contributed by atoms with E-state index in [0.717, 1.165) is 12.5 Å². The third kappa shape index (κ3) is 4.45. The lowest BCUT2D eigenvalue weighted by Crippen LogP contribution is -2.42. The maximum Gasteiger partial charge on any atom is 0.204 e. The number of unbranched alkanes of at least 4 members (excludes halogenated alkanes) is 1. The Morgan fingerprint density at radius 2 is 2.05 bits per heavy atom. The Morgan fingerprint density at radius 3 is 2.62 bits per heavy atom. The smallest absolute Gasteiger partial charge is 0.204 e. The summed E-state index contributed by atoms with van der Waals surface area (Å²) >= 11 is 0. The van der Waals surface area contributed by atoms with Gasteiger partial charge in [0, 0.05) is 33.7 Å². The van der Waals surface area contributed by atoms with E-state index in [-0.39, 0.29) is 0 Å². The zero-order valence-corrected chi connectivity index (χ0v) is 14.1. The zero-order valence-electron chi connectivity index (χ0n) is 14.1. The average molecular weight is 293 g/mol. The van der Waals surface area contributed by atoms with Crippen LogP contribution in [0.15, 0.2) is 6.20 Å². The van der Waals surface area contributed by atoms with Crippen LogP contribution in [0.5, 0.6) is 0 Å². The van der Waals surface area contributed by atoms with E-state index in [9.17, 15) is 0 Å². The molecule has 21 heavy (non-hydrogen) atoms. The van der Waals surface area contributed by atoms with Crippen LogP contribution in [0.1, 0.15) is 38.3 Å². The molecule has 120 valence electrons. The van der Waals surface area contributed by atoms with E-state index in [4.69, 9.17) is 0 Å². The largest absolute Gasteiger partial charge is 0.348 e. The van der Waals surface area contributed by atoms with E-state index in [1.165, 1.54) is 51.0 Å². The van der Waals surface area contributed by atoms with E-state index >= 15 is 0 Å². The Balaban J connectivity index is 1.75. The molecule has 0 saturated carbocycles. The van der Waals surface area contributed by atoms with Crippen LogP contribution in [0.2, 0.25) is 0 Å². The van der Waals surface area contributed by atoms with Crippen LogP contribution in [0, 0.1) is 0 Å². The summed E-state index contributed by atoms with van der Waals surface area (Å²) in [5.74, 6) is 1.01. The molecule has 0 aliphatic carbocycles. The average Bonchev–Trinajstić information content (AvgIpc) is 2.85. The molecule has 1 saturated heterocycles. The third-order valence-corrected chi connectivity index (χ3v) is 4.45. The fourth-order valence-corrected chi connectivity index (χ4v) is 3.00. The quantitative estimate of drug-likeness (QED) is 0.832. The van der Waals surface area contributed by atoms with Gasteiger partial charge in [-0.2, -0.15) is 0 Å².